The Hall–Kier alpha value is -1.39. The maximum Gasteiger partial charge on any atom is 0.344 e. The van der Waals surface area contributed by atoms with Gasteiger partial charge in [-0.1, -0.05) is 59.8 Å². The number of rotatable bonds is 6. The third-order valence-corrected chi connectivity index (χ3v) is 18.0. The minimum atomic E-state index is -2.18. The fourth-order valence-corrected chi connectivity index (χ4v) is 6.72. The number of hydrogen-bond donors (Lipinski definition) is 3. The first-order chi connectivity index (χ1) is 17.5. The first kappa shape index (κ1) is 32.1. The topological polar surface area (TPSA) is 148 Å². The Kier molecular flexibility index (Phi) is 8.37. The van der Waals surface area contributed by atoms with Crippen molar-refractivity contribution in [2.24, 2.45) is 0 Å². The van der Waals surface area contributed by atoms with Crippen LogP contribution in [0.25, 0.3) is 0 Å². The summed E-state index contributed by atoms with van der Waals surface area (Å²) >= 11 is 0. The van der Waals surface area contributed by atoms with E-state index in [1.54, 1.807) is 0 Å². The van der Waals surface area contributed by atoms with E-state index in [2.05, 4.69) is 67.7 Å². The molecule has 4 aliphatic rings. The zero-order valence-electron chi connectivity index (χ0n) is 25.0. The van der Waals surface area contributed by atoms with Crippen molar-refractivity contribution < 1.29 is 48.0 Å². The molecule has 8 atom stereocenters. The molecule has 10 nitrogen and oxygen atoms in total. The summed E-state index contributed by atoms with van der Waals surface area (Å²) in [7, 11) is -2.83. The second-order valence-corrected chi connectivity index (χ2v) is 23.4. The molecule has 4 rings (SSSR count). The number of hydrogen-bond acceptors (Lipinski definition) is 9. The van der Waals surface area contributed by atoms with Gasteiger partial charge in [0.25, 0.3) is 0 Å². The third-order valence-electron chi connectivity index (χ3n) is 9.06. The molecule has 0 radical (unpaired) electrons. The molecule has 0 aromatic heterocycles. The summed E-state index contributed by atoms with van der Waals surface area (Å²) in [5.41, 5.74) is -3.26. The van der Waals surface area contributed by atoms with Gasteiger partial charge in [0.15, 0.2) is 16.6 Å². The Morgan fingerprint density at radius 1 is 0.923 bits per heavy atom. The number of esters is 1. The fraction of sp³-hybridized carbons (Fsp3) is 0.778. The van der Waals surface area contributed by atoms with E-state index in [-0.39, 0.29) is 34.4 Å². The molecule has 3 N–H and O–H groups in total. The predicted octanol–water partition coefficient (Wildman–Crippen LogP) is 3.15. The predicted molar refractivity (Wildman–Crippen MR) is 149 cm³/mol. The largest absolute Gasteiger partial charge is 0.479 e. The van der Waals surface area contributed by atoms with Crippen molar-refractivity contribution in [1.29, 1.82) is 0 Å². The van der Waals surface area contributed by atoms with Crippen LogP contribution in [0.2, 0.25) is 36.3 Å². The van der Waals surface area contributed by atoms with Crippen molar-refractivity contribution in [2.75, 3.05) is 7.11 Å². The summed E-state index contributed by atoms with van der Waals surface area (Å²) in [4.78, 5) is 23.2. The molecule has 2 heterocycles. The highest BCUT2D eigenvalue weighted by Crippen LogP contribution is 2.52. The minimum Gasteiger partial charge on any atom is -0.479 e. The average molecular weight is 587 g/mol. The Balaban J connectivity index is 0.000000289. The zero-order valence-corrected chi connectivity index (χ0v) is 27.0. The van der Waals surface area contributed by atoms with Gasteiger partial charge >= 0.3 is 11.9 Å². The highest BCUT2D eigenvalue weighted by Gasteiger charge is 2.72. The maximum absolute atomic E-state index is 12.7. The Labute approximate surface area is 233 Å². The van der Waals surface area contributed by atoms with E-state index in [0.717, 1.165) is 6.08 Å². The van der Waals surface area contributed by atoms with Crippen LogP contribution in [-0.2, 0) is 32.7 Å². The first-order valence-corrected chi connectivity index (χ1v) is 19.2. The number of carboxylic acids is 1. The molecular weight excluding hydrogens is 540 g/mol. The van der Waals surface area contributed by atoms with Gasteiger partial charge in [0.2, 0.25) is 11.2 Å². The molecule has 0 spiro atoms. The number of fused-ring (bicyclic) bond motifs is 2. The molecule has 0 aromatic carbocycles. The van der Waals surface area contributed by atoms with Crippen LogP contribution in [0.1, 0.15) is 41.5 Å². The van der Waals surface area contributed by atoms with E-state index >= 15 is 0 Å². The lowest BCUT2D eigenvalue weighted by Crippen LogP contribution is -2.59. The van der Waals surface area contributed by atoms with Crippen LogP contribution in [0.15, 0.2) is 24.3 Å². The molecule has 0 amide bonds. The number of carbonyl (C=O) groups excluding carboxylic acids is 1. The van der Waals surface area contributed by atoms with Crippen LogP contribution in [0.5, 0.6) is 0 Å². The molecule has 0 saturated carbocycles. The van der Waals surface area contributed by atoms with Crippen molar-refractivity contribution in [3.8, 4) is 0 Å². The van der Waals surface area contributed by atoms with Crippen LogP contribution in [0.4, 0.5) is 0 Å². The summed E-state index contributed by atoms with van der Waals surface area (Å²) < 4.78 is 29.3. The molecule has 0 bridgehead atoms. The quantitative estimate of drug-likeness (QED) is 0.183. The highest BCUT2D eigenvalue weighted by atomic mass is 28.4. The van der Waals surface area contributed by atoms with Crippen LogP contribution >= 0.6 is 0 Å². The highest BCUT2D eigenvalue weighted by molar-refractivity contribution is 6.74. The van der Waals surface area contributed by atoms with Crippen LogP contribution in [0.3, 0.4) is 0 Å². The van der Waals surface area contributed by atoms with E-state index in [1.807, 2.05) is 12.2 Å². The number of aliphatic hydroxyl groups is 2. The minimum absolute atomic E-state index is 0.0113. The van der Waals surface area contributed by atoms with E-state index < -0.39 is 52.1 Å². The number of epoxide rings is 2. The number of methoxy groups -OCH3 is 1. The van der Waals surface area contributed by atoms with Crippen molar-refractivity contribution in [2.45, 2.75) is 126 Å². The molecule has 0 unspecified atom stereocenters. The molecule has 2 fully saturated rings. The number of carbonyl (C=O) groups is 2. The normalized spacial score (nSPS) is 37.2. The summed E-state index contributed by atoms with van der Waals surface area (Å²) in [6.07, 6.45) is 3.21. The van der Waals surface area contributed by atoms with Crippen LogP contribution in [-0.4, -0.2) is 98.8 Å². The Bertz CT molecular complexity index is 1030. The van der Waals surface area contributed by atoms with Gasteiger partial charge in [-0.15, -0.1) is 0 Å². The van der Waals surface area contributed by atoms with E-state index in [4.69, 9.17) is 28.2 Å². The second kappa shape index (κ2) is 10.2. The maximum atomic E-state index is 12.7. The lowest BCUT2D eigenvalue weighted by molar-refractivity contribution is -0.165. The third kappa shape index (κ3) is 5.85. The van der Waals surface area contributed by atoms with Gasteiger partial charge in [-0.3, -0.25) is 0 Å². The number of aliphatic carboxylic acids is 1. The zero-order chi connectivity index (χ0) is 30.0. The number of carboxylic acid groups (broad SMARTS) is 1. The summed E-state index contributed by atoms with van der Waals surface area (Å²) in [6.45, 7) is 22.0. The first-order valence-electron chi connectivity index (χ1n) is 13.3. The second-order valence-electron chi connectivity index (χ2n) is 13.8. The molecule has 222 valence electrons. The van der Waals surface area contributed by atoms with E-state index in [9.17, 15) is 19.8 Å². The Morgan fingerprint density at radius 3 is 1.95 bits per heavy atom. The van der Waals surface area contributed by atoms with Gasteiger partial charge in [-0.25, -0.2) is 9.59 Å². The molecular formula is C27H46O10Si2. The van der Waals surface area contributed by atoms with Crippen molar-refractivity contribution in [3.05, 3.63) is 24.3 Å². The molecule has 2 saturated heterocycles. The van der Waals surface area contributed by atoms with Crippen molar-refractivity contribution >= 4 is 28.6 Å². The lowest BCUT2D eigenvalue weighted by Gasteiger charge is -2.46. The monoisotopic (exact) mass is 586 g/mol. The Morgan fingerprint density at radius 2 is 1.46 bits per heavy atom. The smallest absolute Gasteiger partial charge is 0.344 e. The molecule has 39 heavy (non-hydrogen) atoms. The SMILES string of the molecule is COC(=O)[C@]12O[C@H]1C=C[C@@H](O[Si](C)(C)C(C)(C)C)[C@H]2O[Si](C)(C)C(C)(C)C.O=C(O)[C@]1(O)C=C[C@H]2O[C@H]2[C@H]1O. The van der Waals surface area contributed by atoms with Crippen molar-refractivity contribution in [3.63, 3.8) is 0 Å². The number of aliphatic hydroxyl groups excluding tert-OH is 1. The summed E-state index contributed by atoms with van der Waals surface area (Å²) in [5, 5.41) is 27.4. The van der Waals surface area contributed by atoms with E-state index in [1.165, 1.54) is 13.2 Å². The molecule has 0 aromatic rings. The van der Waals surface area contributed by atoms with E-state index in [0.29, 0.717) is 0 Å². The molecule has 2 aliphatic carbocycles. The molecule has 2 aliphatic heterocycles. The van der Waals surface area contributed by atoms with Gasteiger partial charge in [0.05, 0.1) is 13.2 Å². The number of ether oxygens (including phenoxy) is 3. The summed E-state index contributed by atoms with van der Waals surface area (Å²) in [5.74, 6) is -1.83. The molecule has 12 heteroatoms. The average Bonchev–Trinajstić information content (AvgIpc) is 3.70. The standard InChI is InChI=1S/C20H38O5Si2.C7H8O5/c1-18(2,3)26(8,9)24-14-12-13-15-20(23-15,17(21)22-7)16(14)25-27(10,11)19(4,5)6;8-5-4-3(12-4)1-2-7(5,11)6(9)10/h12-16H,1-11H3;1-5,8,11H,(H,9,10)/t14-,15+,16-,20+;3-,4-,5-,7+/m11/s1. The van der Waals surface area contributed by atoms with Gasteiger partial charge in [0.1, 0.15) is 30.5 Å². The van der Waals surface area contributed by atoms with Crippen LogP contribution < -0.4 is 0 Å². The lowest BCUT2D eigenvalue weighted by atomic mass is 9.88. The fourth-order valence-electron chi connectivity index (χ4n) is 4.18. The summed E-state index contributed by atoms with van der Waals surface area (Å²) in [6, 6.07) is 0. The van der Waals surface area contributed by atoms with Crippen molar-refractivity contribution in [1.82, 2.24) is 0 Å². The van der Waals surface area contributed by atoms with Gasteiger partial charge in [0, 0.05) is 0 Å². The van der Waals surface area contributed by atoms with Gasteiger partial charge in [-0.2, -0.15) is 0 Å². The van der Waals surface area contributed by atoms with Crippen LogP contribution in [0, 0.1) is 0 Å². The van der Waals surface area contributed by atoms with Gasteiger partial charge < -0.3 is 38.4 Å². The van der Waals surface area contributed by atoms with Gasteiger partial charge in [-0.05, 0) is 42.3 Å².